The lowest BCUT2D eigenvalue weighted by Crippen LogP contribution is -2.31. The van der Waals surface area contributed by atoms with Crippen LogP contribution in [0.2, 0.25) is 0 Å². The maximum Gasteiger partial charge on any atom is 0.295 e. The number of nitrogens with zero attached hydrogens (tertiary/aromatic N) is 1. The Hall–Kier alpha value is -2.84. The Morgan fingerprint density at radius 1 is 1.16 bits per heavy atom. The zero-order valence-corrected chi connectivity index (χ0v) is 19.8. The highest BCUT2D eigenvalue weighted by Gasteiger charge is 2.45. The summed E-state index contributed by atoms with van der Waals surface area (Å²) >= 11 is 3.38. The molecule has 0 saturated carbocycles. The Labute approximate surface area is 195 Å². The van der Waals surface area contributed by atoms with Crippen LogP contribution in [0.15, 0.2) is 52.5 Å². The lowest BCUT2D eigenvalue weighted by atomic mass is 9.95. The predicted molar refractivity (Wildman–Crippen MR) is 124 cm³/mol. The number of phenols is 1. The maximum atomic E-state index is 13.0. The molecule has 2 aromatic carbocycles. The number of carbonyl (C=O) groups is 2. The van der Waals surface area contributed by atoms with E-state index in [1.807, 2.05) is 13.8 Å². The number of benzene rings is 2. The molecule has 2 aromatic rings. The molecule has 1 atom stereocenters. The Kier molecular flexibility index (Phi) is 7.58. The van der Waals surface area contributed by atoms with Gasteiger partial charge in [-0.05, 0) is 72.1 Å². The van der Waals surface area contributed by atoms with E-state index in [2.05, 4.69) is 15.9 Å². The minimum atomic E-state index is -0.782. The van der Waals surface area contributed by atoms with E-state index in [0.29, 0.717) is 34.4 Å². The van der Waals surface area contributed by atoms with Gasteiger partial charge in [0.1, 0.15) is 17.3 Å². The minimum absolute atomic E-state index is 0.00235. The predicted octanol–water partition coefficient (Wildman–Crippen LogP) is 4.40. The van der Waals surface area contributed by atoms with E-state index in [4.69, 9.17) is 9.47 Å². The zero-order valence-electron chi connectivity index (χ0n) is 18.2. The Morgan fingerprint density at radius 2 is 1.84 bits per heavy atom. The minimum Gasteiger partial charge on any atom is -0.508 e. The van der Waals surface area contributed by atoms with E-state index in [1.54, 1.807) is 30.3 Å². The second-order valence-electron chi connectivity index (χ2n) is 7.71. The van der Waals surface area contributed by atoms with Gasteiger partial charge in [0.05, 0.1) is 29.3 Å². The first kappa shape index (κ1) is 23.8. The number of likely N-dealkylation sites (tertiary alicyclic amines) is 1. The van der Waals surface area contributed by atoms with Crippen LogP contribution in [-0.2, 0) is 14.3 Å². The van der Waals surface area contributed by atoms with Gasteiger partial charge in [-0.2, -0.15) is 0 Å². The molecule has 1 amide bonds. The normalized spacial score (nSPS) is 17.9. The van der Waals surface area contributed by atoms with Gasteiger partial charge >= 0.3 is 0 Å². The first-order chi connectivity index (χ1) is 15.2. The van der Waals surface area contributed by atoms with Crippen molar-refractivity contribution in [3.8, 4) is 11.5 Å². The van der Waals surface area contributed by atoms with Crippen LogP contribution in [0.25, 0.3) is 5.76 Å². The summed E-state index contributed by atoms with van der Waals surface area (Å²) in [5.41, 5.74) is 0.992. The Balaban J connectivity index is 2.04. The lowest BCUT2D eigenvalue weighted by Gasteiger charge is -2.25. The van der Waals surface area contributed by atoms with Gasteiger partial charge in [0, 0.05) is 18.7 Å². The fraction of sp³-hybridized carbons (Fsp3) is 0.333. The average Bonchev–Trinajstić information content (AvgIpc) is 3.01. The number of methoxy groups -OCH3 is 1. The van der Waals surface area contributed by atoms with Crippen LogP contribution in [0.1, 0.15) is 37.4 Å². The molecule has 1 saturated heterocycles. The molecule has 0 aliphatic carbocycles. The Bertz CT molecular complexity index is 1030. The van der Waals surface area contributed by atoms with Crippen LogP contribution < -0.4 is 4.74 Å². The highest BCUT2D eigenvalue weighted by molar-refractivity contribution is 9.10. The fourth-order valence-electron chi connectivity index (χ4n) is 3.64. The summed E-state index contributed by atoms with van der Waals surface area (Å²) in [6.45, 7) is 4.58. The van der Waals surface area contributed by atoms with Crippen molar-refractivity contribution in [1.29, 1.82) is 0 Å². The van der Waals surface area contributed by atoms with Gasteiger partial charge in [-0.15, -0.1) is 0 Å². The third-order valence-electron chi connectivity index (χ3n) is 5.17. The maximum absolute atomic E-state index is 13.0. The summed E-state index contributed by atoms with van der Waals surface area (Å²) in [7, 11) is 1.53. The number of ether oxygens (including phenoxy) is 2. The molecule has 1 aliphatic heterocycles. The summed E-state index contributed by atoms with van der Waals surface area (Å²) in [5, 5.41) is 20.8. The van der Waals surface area contributed by atoms with Gasteiger partial charge < -0.3 is 24.6 Å². The number of aromatic hydroxyl groups is 1. The van der Waals surface area contributed by atoms with Gasteiger partial charge in [0.25, 0.3) is 11.7 Å². The molecule has 0 spiro atoms. The molecule has 1 unspecified atom stereocenters. The molecule has 1 fully saturated rings. The number of aliphatic hydroxyl groups excluding tert-OH is 1. The van der Waals surface area contributed by atoms with Crippen LogP contribution in [0.4, 0.5) is 0 Å². The second kappa shape index (κ2) is 10.2. The zero-order chi connectivity index (χ0) is 23.4. The summed E-state index contributed by atoms with van der Waals surface area (Å²) in [6, 6.07) is 10.4. The SMILES string of the molecule is COc1ccc(/C(O)=C2/C(=O)C(=O)N(CCCOC(C)C)C2c2ccc(O)cc2)cc1Br. The van der Waals surface area contributed by atoms with Crippen LogP contribution in [0, 0.1) is 0 Å². The number of carbonyl (C=O) groups excluding carboxylic acids is 2. The standard InChI is InChI=1S/C24H26BrNO6/c1-14(2)32-12-4-11-26-21(15-5-8-17(27)9-6-15)20(23(29)24(26)30)22(28)16-7-10-19(31-3)18(25)13-16/h5-10,13-14,21,27-28H,4,11-12H2,1-3H3/b22-20-. The number of aliphatic hydroxyl groups is 1. The summed E-state index contributed by atoms with van der Waals surface area (Å²) in [5.74, 6) is -1.07. The van der Waals surface area contributed by atoms with Crippen LogP contribution in [-0.4, -0.2) is 53.2 Å². The molecule has 2 N–H and O–H groups in total. The van der Waals surface area contributed by atoms with E-state index in [9.17, 15) is 19.8 Å². The fourth-order valence-corrected chi connectivity index (χ4v) is 4.18. The van der Waals surface area contributed by atoms with E-state index < -0.39 is 17.7 Å². The van der Waals surface area contributed by atoms with Crippen LogP contribution in [0.3, 0.4) is 0 Å². The largest absolute Gasteiger partial charge is 0.508 e. The number of Topliss-reactive ketones (excluding diaryl/α,β-unsaturated/α-hetero) is 1. The van der Waals surface area contributed by atoms with Gasteiger partial charge in [-0.1, -0.05) is 12.1 Å². The molecule has 8 heteroatoms. The number of ketones is 1. The first-order valence-corrected chi connectivity index (χ1v) is 11.1. The average molecular weight is 504 g/mol. The van der Waals surface area contributed by atoms with E-state index in [-0.39, 0.29) is 29.7 Å². The quantitative estimate of drug-likeness (QED) is 0.240. The molecule has 0 radical (unpaired) electrons. The number of halogens is 1. The monoisotopic (exact) mass is 503 g/mol. The molecule has 3 rings (SSSR count). The topological polar surface area (TPSA) is 96.3 Å². The Morgan fingerprint density at radius 3 is 2.44 bits per heavy atom. The van der Waals surface area contributed by atoms with Crippen molar-refractivity contribution in [2.24, 2.45) is 0 Å². The highest BCUT2D eigenvalue weighted by Crippen LogP contribution is 2.40. The summed E-state index contributed by atoms with van der Waals surface area (Å²) in [6.07, 6.45) is 0.598. The molecular formula is C24H26BrNO6. The third kappa shape index (κ3) is 4.97. The second-order valence-corrected chi connectivity index (χ2v) is 8.56. The van der Waals surface area contributed by atoms with Crippen molar-refractivity contribution >= 4 is 33.4 Å². The van der Waals surface area contributed by atoms with Crippen molar-refractivity contribution in [1.82, 2.24) is 4.90 Å². The van der Waals surface area contributed by atoms with Crippen molar-refractivity contribution in [3.05, 3.63) is 63.6 Å². The summed E-state index contributed by atoms with van der Waals surface area (Å²) in [4.78, 5) is 27.4. The molecule has 32 heavy (non-hydrogen) atoms. The van der Waals surface area contributed by atoms with Crippen LogP contribution >= 0.6 is 15.9 Å². The van der Waals surface area contributed by atoms with E-state index >= 15 is 0 Å². The molecule has 170 valence electrons. The number of phenolic OH excluding ortho intramolecular Hbond substituents is 1. The highest BCUT2D eigenvalue weighted by atomic mass is 79.9. The van der Waals surface area contributed by atoms with Crippen LogP contribution in [0.5, 0.6) is 11.5 Å². The third-order valence-corrected chi connectivity index (χ3v) is 5.79. The first-order valence-electron chi connectivity index (χ1n) is 10.3. The van der Waals surface area contributed by atoms with Gasteiger partial charge in [-0.25, -0.2) is 0 Å². The van der Waals surface area contributed by atoms with Crippen molar-refractivity contribution in [2.75, 3.05) is 20.3 Å². The molecule has 0 aromatic heterocycles. The van der Waals surface area contributed by atoms with Gasteiger partial charge in [-0.3, -0.25) is 9.59 Å². The van der Waals surface area contributed by atoms with Gasteiger partial charge in [0.2, 0.25) is 0 Å². The van der Waals surface area contributed by atoms with Gasteiger partial charge in [0.15, 0.2) is 0 Å². The molecular weight excluding hydrogens is 478 g/mol. The summed E-state index contributed by atoms with van der Waals surface area (Å²) < 4.78 is 11.4. The number of amides is 1. The molecule has 1 aliphatic rings. The van der Waals surface area contributed by atoms with E-state index in [1.165, 1.54) is 24.1 Å². The molecule has 0 bridgehead atoms. The molecule has 7 nitrogen and oxygen atoms in total. The number of hydrogen-bond acceptors (Lipinski definition) is 6. The van der Waals surface area contributed by atoms with Crippen molar-refractivity contribution in [3.63, 3.8) is 0 Å². The van der Waals surface area contributed by atoms with Crippen molar-refractivity contribution in [2.45, 2.75) is 32.4 Å². The number of hydrogen-bond donors (Lipinski definition) is 2. The smallest absolute Gasteiger partial charge is 0.295 e. The number of rotatable bonds is 8. The van der Waals surface area contributed by atoms with Crippen molar-refractivity contribution < 1.29 is 29.3 Å². The molecule has 1 heterocycles. The lowest BCUT2D eigenvalue weighted by molar-refractivity contribution is -0.140. The van der Waals surface area contributed by atoms with E-state index in [0.717, 1.165) is 0 Å².